The number of rotatable bonds is 6. The third kappa shape index (κ3) is 4.07. The first-order chi connectivity index (χ1) is 11.8. The maximum Gasteiger partial charge on any atom is 0.191 e. The normalized spacial score (nSPS) is 13.5. The Hall–Kier alpha value is -2.50. The van der Waals surface area contributed by atoms with Gasteiger partial charge in [-0.2, -0.15) is 5.10 Å². The fourth-order valence-corrected chi connectivity index (χ4v) is 2.78. The van der Waals surface area contributed by atoms with Gasteiger partial charge in [-0.25, -0.2) is 4.99 Å². The standard InChI is InChI=1S/C18H25N5O/c1-3-19-18(21-13-16-7-10-22-23(16)2)20-9-6-14-4-5-17-15(12-14)8-11-24-17/h4-5,7,10,12H,3,6,8-9,11,13H2,1-2H3,(H2,19,20,21). The molecule has 2 aromatic rings. The first kappa shape index (κ1) is 16.4. The smallest absolute Gasteiger partial charge is 0.191 e. The minimum Gasteiger partial charge on any atom is -0.493 e. The summed E-state index contributed by atoms with van der Waals surface area (Å²) in [7, 11) is 1.93. The number of ether oxygens (including phenoxy) is 1. The van der Waals surface area contributed by atoms with E-state index in [9.17, 15) is 0 Å². The molecule has 0 fully saturated rings. The van der Waals surface area contributed by atoms with Crippen LogP contribution in [0.3, 0.4) is 0 Å². The molecule has 6 heteroatoms. The fourth-order valence-electron chi connectivity index (χ4n) is 2.78. The van der Waals surface area contributed by atoms with E-state index in [0.29, 0.717) is 6.54 Å². The summed E-state index contributed by atoms with van der Waals surface area (Å²) in [6.07, 6.45) is 3.78. The highest BCUT2D eigenvalue weighted by atomic mass is 16.5. The van der Waals surface area contributed by atoms with E-state index in [-0.39, 0.29) is 0 Å². The van der Waals surface area contributed by atoms with E-state index in [1.54, 1.807) is 6.20 Å². The van der Waals surface area contributed by atoms with E-state index in [4.69, 9.17) is 4.74 Å². The summed E-state index contributed by atoms with van der Waals surface area (Å²) in [5, 5.41) is 10.8. The molecule has 24 heavy (non-hydrogen) atoms. The van der Waals surface area contributed by atoms with Crippen molar-refractivity contribution in [1.82, 2.24) is 20.4 Å². The Morgan fingerprint density at radius 3 is 3.04 bits per heavy atom. The van der Waals surface area contributed by atoms with Crippen LogP contribution in [0.25, 0.3) is 0 Å². The molecule has 0 amide bonds. The Morgan fingerprint density at radius 2 is 2.25 bits per heavy atom. The Labute approximate surface area is 142 Å². The van der Waals surface area contributed by atoms with E-state index in [1.165, 1.54) is 11.1 Å². The summed E-state index contributed by atoms with van der Waals surface area (Å²) in [5.41, 5.74) is 3.74. The molecule has 1 aliphatic heterocycles. The second kappa shape index (κ2) is 7.86. The second-order valence-electron chi connectivity index (χ2n) is 5.86. The van der Waals surface area contributed by atoms with E-state index in [0.717, 1.165) is 49.9 Å². The number of hydrogen-bond donors (Lipinski definition) is 2. The molecule has 0 unspecified atom stereocenters. The van der Waals surface area contributed by atoms with E-state index >= 15 is 0 Å². The highest BCUT2D eigenvalue weighted by molar-refractivity contribution is 5.79. The van der Waals surface area contributed by atoms with E-state index in [2.05, 4.69) is 45.8 Å². The third-order valence-electron chi connectivity index (χ3n) is 4.13. The van der Waals surface area contributed by atoms with Crippen molar-refractivity contribution < 1.29 is 4.74 Å². The van der Waals surface area contributed by atoms with Crippen LogP contribution in [-0.4, -0.2) is 35.4 Å². The van der Waals surface area contributed by atoms with Crippen LogP contribution in [0.4, 0.5) is 0 Å². The number of aromatic nitrogens is 2. The van der Waals surface area contributed by atoms with Gasteiger partial charge in [-0.05, 0) is 36.6 Å². The lowest BCUT2D eigenvalue weighted by Gasteiger charge is -2.11. The summed E-state index contributed by atoms with van der Waals surface area (Å²) in [4.78, 5) is 4.62. The second-order valence-corrected chi connectivity index (χ2v) is 5.86. The van der Waals surface area contributed by atoms with Crippen molar-refractivity contribution in [3.63, 3.8) is 0 Å². The molecule has 0 saturated carbocycles. The van der Waals surface area contributed by atoms with Crippen LogP contribution >= 0.6 is 0 Å². The number of aryl methyl sites for hydroxylation is 1. The molecule has 3 rings (SSSR count). The predicted octanol–water partition coefficient (Wildman–Crippen LogP) is 1.65. The molecule has 0 aliphatic carbocycles. The largest absolute Gasteiger partial charge is 0.493 e. The molecule has 1 aliphatic rings. The van der Waals surface area contributed by atoms with Crippen LogP contribution in [0.1, 0.15) is 23.7 Å². The molecule has 2 heterocycles. The monoisotopic (exact) mass is 327 g/mol. The molecule has 0 saturated heterocycles. The van der Waals surface area contributed by atoms with Crippen LogP contribution in [0, 0.1) is 0 Å². The average Bonchev–Trinajstić information content (AvgIpc) is 3.21. The highest BCUT2D eigenvalue weighted by Gasteiger charge is 2.11. The minimum atomic E-state index is 0.613. The summed E-state index contributed by atoms with van der Waals surface area (Å²) in [5.74, 6) is 1.88. The van der Waals surface area contributed by atoms with Crippen LogP contribution in [-0.2, 0) is 26.4 Å². The Morgan fingerprint density at radius 1 is 1.33 bits per heavy atom. The molecule has 0 bridgehead atoms. The van der Waals surface area contributed by atoms with Crippen molar-refractivity contribution in [3.05, 3.63) is 47.3 Å². The first-order valence-electron chi connectivity index (χ1n) is 8.50. The lowest BCUT2D eigenvalue weighted by Crippen LogP contribution is -2.38. The molecule has 1 aromatic carbocycles. The first-order valence-corrected chi connectivity index (χ1v) is 8.50. The zero-order valence-electron chi connectivity index (χ0n) is 14.4. The van der Waals surface area contributed by atoms with Crippen LogP contribution in [0.2, 0.25) is 0 Å². The van der Waals surface area contributed by atoms with Gasteiger partial charge < -0.3 is 15.4 Å². The molecule has 2 N–H and O–H groups in total. The van der Waals surface area contributed by atoms with Crippen molar-refractivity contribution in [2.45, 2.75) is 26.3 Å². The van der Waals surface area contributed by atoms with Gasteiger partial charge >= 0.3 is 0 Å². The van der Waals surface area contributed by atoms with Crippen LogP contribution in [0.5, 0.6) is 5.75 Å². The zero-order chi connectivity index (χ0) is 16.8. The lowest BCUT2D eigenvalue weighted by molar-refractivity contribution is 0.357. The number of guanidine groups is 1. The molecular formula is C18H25N5O. The van der Waals surface area contributed by atoms with E-state index < -0.39 is 0 Å². The Kier molecular flexibility index (Phi) is 5.36. The zero-order valence-corrected chi connectivity index (χ0v) is 14.4. The molecule has 0 spiro atoms. The summed E-state index contributed by atoms with van der Waals surface area (Å²) < 4.78 is 7.40. The van der Waals surface area contributed by atoms with Gasteiger partial charge in [0.05, 0.1) is 18.8 Å². The number of nitrogens with zero attached hydrogens (tertiary/aromatic N) is 3. The van der Waals surface area contributed by atoms with Gasteiger partial charge in [-0.3, -0.25) is 4.68 Å². The summed E-state index contributed by atoms with van der Waals surface area (Å²) in [6, 6.07) is 8.47. The molecular weight excluding hydrogens is 302 g/mol. The van der Waals surface area contributed by atoms with Crippen molar-refractivity contribution in [2.75, 3.05) is 19.7 Å². The van der Waals surface area contributed by atoms with Crippen molar-refractivity contribution in [2.24, 2.45) is 12.0 Å². The van der Waals surface area contributed by atoms with Crippen molar-refractivity contribution in [3.8, 4) is 5.75 Å². The molecule has 0 radical (unpaired) electrons. The van der Waals surface area contributed by atoms with Gasteiger partial charge in [0.15, 0.2) is 5.96 Å². The van der Waals surface area contributed by atoms with Gasteiger partial charge in [0.25, 0.3) is 0 Å². The van der Waals surface area contributed by atoms with Gasteiger partial charge in [0, 0.05) is 32.8 Å². The minimum absolute atomic E-state index is 0.613. The Bertz CT molecular complexity index is 707. The van der Waals surface area contributed by atoms with Crippen LogP contribution in [0.15, 0.2) is 35.5 Å². The number of aliphatic imine (C=N–C) groups is 1. The maximum atomic E-state index is 5.55. The molecule has 6 nitrogen and oxygen atoms in total. The van der Waals surface area contributed by atoms with Crippen LogP contribution < -0.4 is 15.4 Å². The predicted molar refractivity (Wildman–Crippen MR) is 95.4 cm³/mol. The van der Waals surface area contributed by atoms with Gasteiger partial charge in [0.1, 0.15) is 5.75 Å². The summed E-state index contributed by atoms with van der Waals surface area (Å²) >= 11 is 0. The Balaban J connectivity index is 1.53. The molecule has 128 valence electrons. The number of fused-ring (bicyclic) bond motifs is 1. The number of benzene rings is 1. The van der Waals surface area contributed by atoms with Gasteiger partial charge in [-0.15, -0.1) is 0 Å². The fraction of sp³-hybridized carbons (Fsp3) is 0.444. The van der Waals surface area contributed by atoms with Gasteiger partial charge in [-0.1, -0.05) is 12.1 Å². The topological polar surface area (TPSA) is 63.5 Å². The lowest BCUT2D eigenvalue weighted by atomic mass is 10.1. The molecule has 0 atom stereocenters. The van der Waals surface area contributed by atoms with Crippen molar-refractivity contribution >= 4 is 5.96 Å². The maximum absolute atomic E-state index is 5.55. The van der Waals surface area contributed by atoms with Crippen molar-refractivity contribution in [1.29, 1.82) is 0 Å². The summed E-state index contributed by atoms with van der Waals surface area (Å²) in [6.45, 7) is 5.18. The molecule has 1 aromatic heterocycles. The SMILES string of the molecule is CCNC(=NCc1ccnn1C)NCCc1ccc2c(c1)CCO2. The highest BCUT2D eigenvalue weighted by Crippen LogP contribution is 2.25. The number of hydrogen-bond acceptors (Lipinski definition) is 3. The average molecular weight is 327 g/mol. The number of nitrogens with one attached hydrogen (secondary N) is 2. The third-order valence-corrected chi connectivity index (χ3v) is 4.13. The quantitative estimate of drug-likeness (QED) is 0.625. The van der Waals surface area contributed by atoms with Gasteiger partial charge in [0.2, 0.25) is 0 Å². The van der Waals surface area contributed by atoms with E-state index in [1.807, 2.05) is 17.8 Å².